The quantitative estimate of drug-likeness (QED) is 0.608. The van der Waals surface area contributed by atoms with E-state index in [-0.39, 0.29) is 4.70 Å². The van der Waals surface area contributed by atoms with Gasteiger partial charge in [0, 0.05) is 0 Å². The number of halogens is 1. The summed E-state index contributed by atoms with van der Waals surface area (Å²) in [4.78, 5) is 10.3. The van der Waals surface area contributed by atoms with E-state index in [0.717, 1.165) is 6.29 Å². The lowest BCUT2D eigenvalue weighted by Gasteiger charge is -1.99. The van der Waals surface area contributed by atoms with Crippen LogP contribution in [0.4, 0.5) is 4.70 Å². The zero-order valence-electron chi connectivity index (χ0n) is 6.11. The van der Waals surface area contributed by atoms with Crippen LogP contribution in [0, 0.1) is 0 Å². The van der Waals surface area contributed by atoms with Gasteiger partial charge in [0.2, 0.25) is 0 Å². The number of hydrogen-bond acceptors (Lipinski definition) is 2. The molecule has 0 N–H and O–H groups in total. The fourth-order valence-electron chi connectivity index (χ4n) is 0.764. The van der Waals surface area contributed by atoms with Crippen LogP contribution in [0.3, 0.4) is 0 Å². The third-order valence-electron chi connectivity index (χ3n) is 1.27. The van der Waals surface area contributed by atoms with Gasteiger partial charge in [0.25, 0.3) is 0 Å². The topological polar surface area (TPSA) is 26.3 Å². The molecular weight excluding hydrogens is 147 g/mol. The number of rotatable bonds is 2. The number of hydrogen-bond donors (Lipinski definition) is 0. The Morgan fingerprint density at radius 1 is 1.36 bits per heavy atom. The molecule has 1 aromatic carbocycles. The fourth-order valence-corrected chi connectivity index (χ4v) is 0.764. The average molecular weight is 156 g/mol. The molecule has 0 saturated carbocycles. The maximum absolute atomic E-state index is 10.3. The van der Waals surface area contributed by atoms with E-state index in [9.17, 15) is 4.79 Å². The third-order valence-corrected chi connectivity index (χ3v) is 1.27. The first kappa shape index (κ1) is 9.62. The van der Waals surface area contributed by atoms with Crippen LogP contribution in [0.25, 0.3) is 0 Å². The van der Waals surface area contributed by atoms with E-state index in [2.05, 4.69) is 0 Å². The van der Waals surface area contributed by atoms with Crippen molar-refractivity contribution in [3.63, 3.8) is 0 Å². The van der Waals surface area contributed by atoms with Gasteiger partial charge in [0.1, 0.15) is 5.75 Å². The van der Waals surface area contributed by atoms with Crippen LogP contribution in [0.1, 0.15) is 10.4 Å². The predicted octanol–water partition coefficient (Wildman–Crippen LogP) is 1.66. The van der Waals surface area contributed by atoms with Crippen molar-refractivity contribution in [2.45, 2.75) is 0 Å². The van der Waals surface area contributed by atoms with E-state index in [4.69, 9.17) is 4.74 Å². The molecule has 0 aliphatic carbocycles. The summed E-state index contributed by atoms with van der Waals surface area (Å²) in [7, 11) is 1.54. The van der Waals surface area contributed by atoms with Gasteiger partial charge in [-0.15, -0.1) is 0 Å². The molecule has 0 aliphatic rings. The van der Waals surface area contributed by atoms with Crippen LogP contribution >= 0.6 is 0 Å². The van der Waals surface area contributed by atoms with E-state index in [0.29, 0.717) is 11.3 Å². The van der Waals surface area contributed by atoms with Gasteiger partial charge in [-0.3, -0.25) is 9.50 Å². The van der Waals surface area contributed by atoms with Crippen LogP contribution in [0.15, 0.2) is 24.3 Å². The summed E-state index contributed by atoms with van der Waals surface area (Å²) >= 11 is 0. The van der Waals surface area contributed by atoms with Crippen molar-refractivity contribution in [3.8, 4) is 5.75 Å². The van der Waals surface area contributed by atoms with Crippen molar-refractivity contribution >= 4 is 6.29 Å². The van der Waals surface area contributed by atoms with Gasteiger partial charge in [-0.25, -0.2) is 0 Å². The highest BCUT2D eigenvalue weighted by Crippen LogP contribution is 2.13. The Labute approximate surface area is 64.2 Å². The maximum Gasteiger partial charge on any atom is 0.153 e. The summed E-state index contributed by atoms with van der Waals surface area (Å²) < 4.78 is 4.90. The van der Waals surface area contributed by atoms with E-state index >= 15 is 0 Å². The van der Waals surface area contributed by atoms with Crippen LogP contribution in [0.2, 0.25) is 0 Å². The monoisotopic (exact) mass is 156 g/mol. The van der Waals surface area contributed by atoms with Gasteiger partial charge in [0.05, 0.1) is 12.7 Å². The number of carbonyl (C=O) groups is 1. The Hall–Kier alpha value is -1.38. The zero-order valence-corrected chi connectivity index (χ0v) is 6.11. The van der Waals surface area contributed by atoms with Crippen LogP contribution in [0.5, 0.6) is 5.75 Å². The second kappa shape index (κ2) is 4.44. The number of methoxy groups -OCH3 is 1. The summed E-state index contributed by atoms with van der Waals surface area (Å²) in [6.45, 7) is 0. The van der Waals surface area contributed by atoms with Crippen LogP contribution in [-0.2, 0) is 0 Å². The van der Waals surface area contributed by atoms with Crippen molar-refractivity contribution in [2.75, 3.05) is 7.11 Å². The lowest BCUT2D eigenvalue weighted by Crippen LogP contribution is -1.88. The maximum atomic E-state index is 10.3. The molecule has 0 heterocycles. The SMILES string of the molecule is COc1ccccc1C=O.F. The molecule has 60 valence electrons. The number of carbonyl (C=O) groups excluding carboxylic acids is 1. The van der Waals surface area contributed by atoms with Crippen LogP contribution < -0.4 is 4.74 Å². The first-order valence-corrected chi connectivity index (χ1v) is 2.96. The van der Waals surface area contributed by atoms with E-state index in [1.54, 1.807) is 25.3 Å². The molecule has 0 radical (unpaired) electrons. The number of aldehydes is 1. The minimum Gasteiger partial charge on any atom is -0.496 e. The fraction of sp³-hybridized carbons (Fsp3) is 0.125. The summed E-state index contributed by atoms with van der Waals surface area (Å²) in [5.41, 5.74) is 0.588. The van der Waals surface area contributed by atoms with Gasteiger partial charge in [0.15, 0.2) is 6.29 Å². The molecule has 11 heavy (non-hydrogen) atoms. The predicted molar refractivity (Wildman–Crippen MR) is 40.9 cm³/mol. The minimum absolute atomic E-state index is 0. The molecule has 0 aromatic heterocycles. The standard InChI is InChI=1S/C8H8O2.FH/c1-10-8-5-3-2-4-7(8)6-9;/h2-6H,1H3;1H. The Balaban J connectivity index is 0.000001000. The highest BCUT2D eigenvalue weighted by molar-refractivity contribution is 5.79. The van der Waals surface area contributed by atoms with E-state index in [1.165, 1.54) is 0 Å². The third kappa shape index (κ3) is 2.04. The summed E-state index contributed by atoms with van der Waals surface area (Å²) in [5.74, 6) is 0.623. The molecule has 2 nitrogen and oxygen atoms in total. The summed E-state index contributed by atoms with van der Waals surface area (Å²) in [6.07, 6.45) is 0.777. The van der Waals surface area contributed by atoms with Crippen molar-refractivity contribution in [1.82, 2.24) is 0 Å². The number of ether oxygens (including phenoxy) is 1. The number of benzene rings is 1. The first-order valence-electron chi connectivity index (χ1n) is 2.96. The Kier molecular flexibility index (Phi) is 3.88. The second-order valence-electron chi connectivity index (χ2n) is 1.86. The van der Waals surface area contributed by atoms with Gasteiger partial charge in [-0.05, 0) is 12.1 Å². The van der Waals surface area contributed by atoms with Crippen molar-refractivity contribution in [1.29, 1.82) is 0 Å². The Morgan fingerprint density at radius 3 is 2.45 bits per heavy atom. The largest absolute Gasteiger partial charge is 0.496 e. The molecule has 0 bridgehead atoms. The van der Waals surface area contributed by atoms with Crippen molar-refractivity contribution in [2.24, 2.45) is 0 Å². The Bertz CT molecular complexity index is 235. The number of para-hydroxylation sites is 1. The normalized spacial score (nSPS) is 8.09. The molecule has 0 unspecified atom stereocenters. The van der Waals surface area contributed by atoms with Gasteiger partial charge >= 0.3 is 0 Å². The first-order chi connectivity index (χ1) is 4.88. The average Bonchev–Trinajstić information content (AvgIpc) is 2.04. The highest BCUT2D eigenvalue weighted by Gasteiger charge is 1.96. The molecule has 0 fully saturated rings. The lowest BCUT2D eigenvalue weighted by molar-refractivity contribution is 0.112. The van der Waals surface area contributed by atoms with E-state index < -0.39 is 0 Å². The molecule has 1 rings (SSSR count). The Morgan fingerprint density at radius 2 is 2.00 bits per heavy atom. The molecular formula is C8H9FO2. The minimum atomic E-state index is 0. The molecule has 0 spiro atoms. The molecule has 0 saturated heterocycles. The molecule has 0 amide bonds. The van der Waals surface area contributed by atoms with Crippen molar-refractivity contribution < 1.29 is 14.2 Å². The van der Waals surface area contributed by atoms with Crippen molar-refractivity contribution in [3.05, 3.63) is 29.8 Å². The van der Waals surface area contributed by atoms with Crippen LogP contribution in [-0.4, -0.2) is 13.4 Å². The summed E-state index contributed by atoms with van der Waals surface area (Å²) in [6, 6.07) is 7.09. The highest BCUT2D eigenvalue weighted by atomic mass is 19.0. The molecule has 0 aliphatic heterocycles. The van der Waals surface area contributed by atoms with Gasteiger partial charge in [-0.2, -0.15) is 0 Å². The van der Waals surface area contributed by atoms with E-state index in [1.807, 2.05) is 6.07 Å². The van der Waals surface area contributed by atoms with Gasteiger partial charge in [-0.1, -0.05) is 12.1 Å². The molecule has 3 heteroatoms. The molecule has 0 atom stereocenters. The molecule has 1 aromatic rings. The summed E-state index contributed by atoms with van der Waals surface area (Å²) in [5, 5.41) is 0. The smallest absolute Gasteiger partial charge is 0.153 e. The van der Waals surface area contributed by atoms with Gasteiger partial charge < -0.3 is 4.74 Å². The zero-order chi connectivity index (χ0) is 7.40. The second-order valence-corrected chi connectivity index (χ2v) is 1.86. The lowest BCUT2D eigenvalue weighted by atomic mass is 10.2.